The molecule has 0 radical (unpaired) electrons. The number of nitrogens with zero attached hydrogens (tertiary/aromatic N) is 3. The maximum absolute atomic E-state index is 4.55. The Balaban J connectivity index is 1.83. The van der Waals surface area contributed by atoms with Gasteiger partial charge in [0.2, 0.25) is 0 Å². The van der Waals surface area contributed by atoms with Gasteiger partial charge in [0, 0.05) is 24.7 Å². The molecule has 20 heavy (non-hydrogen) atoms. The predicted octanol–water partition coefficient (Wildman–Crippen LogP) is 3.05. The zero-order chi connectivity index (χ0) is 14.2. The second kappa shape index (κ2) is 5.30. The second-order valence-electron chi connectivity index (χ2n) is 6.46. The number of hydrogen-bond acceptors (Lipinski definition) is 5. The first-order valence-corrected chi connectivity index (χ1v) is 8.12. The first-order chi connectivity index (χ1) is 9.54. The minimum atomic E-state index is 0.164. The molecule has 0 bridgehead atoms. The minimum Gasteiger partial charge on any atom is -0.352 e. The molecule has 3 rings (SSSR count). The summed E-state index contributed by atoms with van der Waals surface area (Å²) in [5.41, 5.74) is 0.164. The van der Waals surface area contributed by atoms with Crippen molar-refractivity contribution < 1.29 is 0 Å². The van der Waals surface area contributed by atoms with Crippen molar-refractivity contribution in [2.75, 3.05) is 18.0 Å². The number of aromatic nitrogens is 2. The molecule has 1 unspecified atom stereocenters. The molecule has 1 atom stereocenters. The third kappa shape index (κ3) is 2.79. The van der Waals surface area contributed by atoms with Gasteiger partial charge in [-0.2, -0.15) is 0 Å². The van der Waals surface area contributed by atoms with E-state index >= 15 is 0 Å². The Kier molecular flexibility index (Phi) is 3.65. The molecule has 1 saturated heterocycles. The molecule has 1 aliphatic rings. The summed E-state index contributed by atoms with van der Waals surface area (Å²) in [6.07, 6.45) is 4.17. The van der Waals surface area contributed by atoms with Crippen LogP contribution in [0.2, 0.25) is 0 Å². The Morgan fingerprint density at radius 1 is 1.40 bits per heavy atom. The summed E-state index contributed by atoms with van der Waals surface area (Å²) in [7, 11) is 0. The maximum atomic E-state index is 4.55. The topological polar surface area (TPSA) is 41.0 Å². The normalized spacial score (nSPS) is 19.9. The van der Waals surface area contributed by atoms with Crippen molar-refractivity contribution >= 4 is 27.4 Å². The molecule has 1 aliphatic heterocycles. The van der Waals surface area contributed by atoms with Gasteiger partial charge in [-0.1, -0.05) is 0 Å². The van der Waals surface area contributed by atoms with Gasteiger partial charge in [-0.15, -0.1) is 11.3 Å². The van der Waals surface area contributed by atoms with E-state index in [4.69, 9.17) is 0 Å². The lowest BCUT2D eigenvalue weighted by atomic mass is 10.1. The van der Waals surface area contributed by atoms with E-state index in [-0.39, 0.29) is 5.54 Å². The molecule has 0 aliphatic carbocycles. The molecular weight excluding hydrogens is 268 g/mol. The average molecular weight is 290 g/mol. The van der Waals surface area contributed by atoms with Crippen LogP contribution in [-0.4, -0.2) is 34.6 Å². The number of hydrogen-bond donors (Lipinski definition) is 1. The molecule has 4 nitrogen and oxygen atoms in total. The van der Waals surface area contributed by atoms with Gasteiger partial charge in [0.25, 0.3) is 0 Å². The standard InChI is InChI=1S/C15H22N4S/c1-15(2,3)18-9-11-5-4-7-19(11)13-12-6-8-20-14(12)17-10-16-13/h6,8,10-11,18H,4-5,7,9H2,1-3H3. The summed E-state index contributed by atoms with van der Waals surface area (Å²) < 4.78 is 0. The zero-order valence-electron chi connectivity index (χ0n) is 12.4. The van der Waals surface area contributed by atoms with E-state index in [1.165, 1.54) is 18.2 Å². The molecule has 1 N–H and O–H groups in total. The van der Waals surface area contributed by atoms with Gasteiger partial charge in [-0.25, -0.2) is 9.97 Å². The Hall–Kier alpha value is -1.20. The predicted molar refractivity (Wildman–Crippen MR) is 85.5 cm³/mol. The first-order valence-electron chi connectivity index (χ1n) is 7.24. The first kappa shape index (κ1) is 13.8. The second-order valence-corrected chi connectivity index (χ2v) is 7.35. The van der Waals surface area contributed by atoms with E-state index in [2.05, 4.69) is 52.4 Å². The van der Waals surface area contributed by atoms with E-state index in [0.717, 1.165) is 23.7 Å². The minimum absolute atomic E-state index is 0.164. The van der Waals surface area contributed by atoms with Crippen molar-refractivity contribution in [2.45, 2.75) is 45.2 Å². The van der Waals surface area contributed by atoms with Crippen LogP contribution in [0.1, 0.15) is 33.6 Å². The molecule has 2 aromatic heterocycles. The monoisotopic (exact) mass is 290 g/mol. The Morgan fingerprint density at radius 3 is 3.05 bits per heavy atom. The number of thiophene rings is 1. The largest absolute Gasteiger partial charge is 0.352 e. The lowest BCUT2D eigenvalue weighted by molar-refractivity contribution is 0.404. The molecule has 5 heteroatoms. The molecule has 0 amide bonds. The molecule has 0 saturated carbocycles. The lowest BCUT2D eigenvalue weighted by Crippen LogP contribution is -2.45. The fourth-order valence-electron chi connectivity index (χ4n) is 2.76. The van der Waals surface area contributed by atoms with E-state index in [1.54, 1.807) is 17.7 Å². The van der Waals surface area contributed by atoms with Crippen LogP contribution in [0, 0.1) is 0 Å². The van der Waals surface area contributed by atoms with Crippen LogP contribution in [0.5, 0.6) is 0 Å². The number of rotatable bonds is 3. The summed E-state index contributed by atoms with van der Waals surface area (Å²) in [4.78, 5) is 12.4. The van der Waals surface area contributed by atoms with Crippen molar-refractivity contribution in [1.29, 1.82) is 0 Å². The zero-order valence-corrected chi connectivity index (χ0v) is 13.2. The molecule has 3 heterocycles. The highest BCUT2D eigenvalue weighted by atomic mass is 32.1. The molecule has 2 aromatic rings. The van der Waals surface area contributed by atoms with Crippen LogP contribution < -0.4 is 10.2 Å². The van der Waals surface area contributed by atoms with Crippen molar-refractivity contribution in [1.82, 2.24) is 15.3 Å². The molecule has 0 spiro atoms. The quantitative estimate of drug-likeness (QED) is 0.943. The van der Waals surface area contributed by atoms with Gasteiger partial charge in [0.15, 0.2) is 0 Å². The van der Waals surface area contributed by atoms with E-state index in [1.807, 2.05) is 0 Å². The molecular formula is C15H22N4S. The summed E-state index contributed by atoms with van der Waals surface area (Å²) in [5.74, 6) is 1.11. The van der Waals surface area contributed by atoms with Crippen molar-refractivity contribution in [3.05, 3.63) is 17.8 Å². The SMILES string of the molecule is CC(C)(C)NCC1CCCN1c1ncnc2sccc12. The van der Waals surface area contributed by atoms with Gasteiger partial charge in [0.1, 0.15) is 17.0 Å². The maximum Gasteiger partial charge on any atom is 0.141 e. The highest BCUT2D eigenvalue weighted by Crippen LogP contribution is 2.31. The van der Waals surface area contributed by atoms with Gasteiger partial charge in [-0.3, -0.25) is 0 Å². The fraction of sp³-hybridized carbons (Fsp3) is 0.600. The number of fused-ring (bicyclic) bond motifs is 1. The third-order valence-corrected chi connectivity index (χ3v) is 4.58. The van der Waals surface area contributed by atoms with Gasteiger partial charge in [0.05, 0.1) is 5.39 Å². The highest BCUT2D eigenvalue weighted by molar-refractivity contribution is 7.16. The number of nitrogens with one attached hydrogen (secondary N) is 1. The van der Waals surface area contributed by atoms with Crippen LogP contribution in [0.15, 0.2) is 17.8 Å². The van der Waals surface area contributed by atoms with E-state index in [9.17, 15) is 0 Å². The van der Waals surface area contributed by atoms with Crippen molar-refractivity contribution in [3.8, 4) is 0 Å². The average Bonchev–Trinajstić information content (AvgIpc) is 3.03. The third-order valence-electron chi connectivity index (χ3n) is 3.76. The summed E-state index contributed by atoms with van der Waals surface area (Å²) in [5, 5.41) is 6.92. The van der Waals surface area contributed by atoms with Gasteiger partial charge >= 0.3 is 0 Å². The Bertz CT molecular complexity index is 587. The molecule has 1 fully saturated rings. The van der Waals surface area contributed by atoms with Gasteiger partial charge in [-0.05, 0) is 45.1 Å². The van der Waals surface area contributed by atoms with Crippen LogP contribution in [-0.2, 0) is 0 Å². The van der Waals surface area contributed by atoms with Crippen LogP contribution in [0.25, 0.3) is 10.2 Å². The lowest BCUT2D eigenvalue weighted by Gasteiger charge is -2.30. The smallest absolute Gasteiger partial charge is 0.141 e. The molecule has 0 aromatic carbocycles. The molecule has 108 valence electrons. The highest BCUT2D eigenvalue weighted by Gasteiger charge is 2.28. The van der Waals surface area contributed by atoms with Crippen molar-refractivity contribution in [3.63, 3.8) is 0 Å². The summed E-state index contributed by atoms with van der Waals surface area (Å²) in [6, 6.07) is 2.68. The number of anilines is 1. The Labute approximate surface area is 124 Å². The van der Waals surface area contributed by atoms with Crippen LogP contribution in [0.3, 0.4) is 0 Å². The van der Waals surface area contributed by atoms with Gasteiger partial charge < -0.3 is 10.2 Å². The summed E-state index contributed by atoms with van der Waals surface area (Å²) >= 11 is 1.69. The van der Waals surface area contributed by atoms with E-state index in [0.29, 0.717) is 6.04 Å². The fourth-order valence-corrected chi connectivity index (χ4v) is 3.48. The van der Waals surface area contributed by atoms with Crippen LogP contribution in [0.4, 0.5) is 5.82 Å². The van der Waals surface area contributed by atoms with E-state index < -0.39 is 0 Å². The summed E-state index contributed by atoms with van der Waals surface area (Å²) in [6.45, 7) is 8.76. The Morgan fingerprint density at radius 2 is 2.25 bits per heavy atom. The van der Waals surface area contributed by atoms with Crippen LogP contribution >= 0.6 is 11.3 Å². The van der Waals surface area contributed by atoms with Crippen molar-refractivity contribution in [2.24, 2.45) is 0 Å².